The molecule has 0 bridgehead atoms. The molecule has 0 spiro atoms. The molecular formula is C9H6BrClF2N2S. The number of hydrogen-bond donors (Lipinski definition) is 1. The second-order valence-corrected chi connectivity index (χ2v) is 5.04. The number of halogens is 4. The summed E-state index contributed by atoms with van der Waals surface area (Å²) in [6.45, 7) is 0. The lowest BCUT2D eigenvalue weighted by molar-refractivity contribution is 0.577. The highest BCUT2D eigenvalue weighted by molar-refractivity contribution is 9.10. The van der Waals surface area contributed by atoms with Gasteiger partial charge in [-0.1, -0.05) is 23.4 Å². The number of fused-ring (bicyclic) bond motifs is 1. The van der Waals surface area contributed by atoms with Crippen LogP contribution in [0.2, 0.25) is 0 Å². The van der Waals surface area contributed by atoms with Gasteiger partial charge in [-0.2, -0.15) is 0 Å². The zero-order valence-corrected chi connectivity index (χ0v) is 11.2. The first kappa shape index (κ1) is 12.1. The van der Waals surface area contributed by atoms with E-state index in [9.17, 15) is 8.78 Å². The van der Waals surface area contributed by atoms with E-state index in [4.69, 9.17) is 11.6 Å². The van der Waals surface area contributed by atoms with Gasteiger partial charge >= 0.3 is 0 Å². The number of alkyl halides is 1. The summed E-state index contributed by atoms with van der Waals surface area (Å²) in [5, 5.41) is 3.27. The third-order valence-corrected chi connectivity index (χ3v) is 3.82. The van der Waals surface area contributed by atoms with Gasteiger partial charge in [-0.05, 0) is 22.2 Å². The number of amidine groups is 1. The highest BCUT2D eigenvalue weighted by Gasteiger charge is 2.27. The predicted molar refractivity (Wildman–Crippen MR) is 67.2 cm³/mol. The van der Waals surface area contributed by atoms with Crippen LogP contribution in [-0.4, -0.2) is 11.4 Å². The van der Waals surface area contributed by atoms with Crippen molar-refractivity contribution in [1.82, 2.24) is 0 Å². The summed E-state index contributed by atoms with van der Waals surface area (Å²) in [6.07, 6.45) is 1.79. The van der Waals surface area contributed by atoms with Crippen LogP contribution < -0.4 is 5.32 Å². The Morgan fingerprint density at radius 3 is 2.81 bits per heavy atom. The molecular weight excluding hydrogens is 322 g/mol. The van der Waals surface area contributed by atoms with Crippen molar-refractivity contribution < 1.29 is 8.78 Å². The Balaban J connectivity index is 2.61. The van der Waals surface area contributed by atoms with E-state index in [1.807, 2.05) is 0 Å². The number of aliphatic imine (C=N–C) groups is 1. The summed E-state index contributed by atoms with van der Waals surface area (Å²) < 4.78 is 27.0. The Hall–Kier alpha value is -0.330. The number of thioether (sulfide) groups is 1. The van der Waals surface area contributed by atoms with Crippen LogP contribution >= 0.6 is 39.3 Å². The normalized spacial score (nSPS) is 18.8. The maximum atomic E-state index is 13.5. The molecule has 1 aromatic rings. The van der Waals surface area contributed by atoms with E-state index in [0.717, 1.165) is 6.07 Å². The van der Waals surface area contributed by atoms with Gasteiger partial charge in [0.05, 0.1) is 10.2 Å². The highest BCUT2D eigenvalue weighted by Crippen LogP contribution is 2.41. The molecule has 2 rings (SSSR count). The van der Waals surface area contributed by atoms with Crippen LogP contribution in [-0.2, 0) is 0 Å². The average molecular weight is 328 g/mol. The van der Waals surface area contributed by atoms with E-state index < -0.39 is 17.1 Å². The van der Waals surface area contributed by atoms with Crippen molar-refractivity contribution in [2.45, 2.75) is 5.50 Å². The molecule has 86 valence electrons. The maximum Gasteiger partial charge on any atom is 0.162 e. The quantitative estimate of drug-likeness (QED) is 0.440. The molecule has 0 amide bonds. The molecule has 0 radical (unpaired) electrons. The predicted octanol–water partition coefficient (Wildman–Crippen LogP) is 4.11. The minimum Gasteiger partial charge on any atom is -0.332 e. The van der Waals surface area contributed by atoms with Crippen molar-refractivity contribution in [2.24, 2.45) is 4.99 Å². The largest absolute Gasteiger partial charge is 0.332 e. The lowest BCUT2D eigenvalue weighted by Gasteiger charge is -2.22. The number of benzene rings is 1. The van der Waals surface area contributed by atoms with Gasteiger partial charge in [0.25, 0.3) is 0 Å². The molecule has 0 saturated heterocycles. The minimum atomic E-state index is -0.793. The van der Waals surface area contributed by atoms with Gasteiger partial charge in [-0.3, -0.25) is 0 Å². The lowest BCUT2D eigenvalue weighted by Crippen LogP contribution is -2.18. The van der Waals surface area contributed by atoms with Crippen LogP contribution in [0.4, 0.5) is 14.5 Å². The molecule has 1 aliphatic rings. The van der Waals surface area contributed by atoms with Gasteiger partial charge in [0.2, 0.25) is 0 Å². The number of hydrogen-bond acceptors (Lipinski definition) is 3. The summed E-state index contributed by atoms with van der Waals surface area (Å²) in [6, 6.07) is 0.808. The van der Waals surface area contributed by atoms with Crippen molar-refractivity contribution in [3.05, 3.63) is 27.7 Å². The van der Waals surface area contributed by atoms with E-state index >= 15 is 0 Å². The molecule has 0 saturated carbocycles. The van der Waals surface area contributed by atoms with Gasteiger partial charge in [-0.25, -0.2) is 13.8 Å². The summed E-state index contributed by atoms with van der Waals surface area (Å²) >= 11 is 10.3. The molecule has 1 unspecified atom stereocenters. The monoisotopic (exact) mass is 326 g/mol. The second kappa shape index (κ2) is 4.50. The molecule has 1 N–H and O–H groups in total. The minimum absolute atomic E-state index is 0.139. The Bertz CT molecular complexity index is 481. The average Bonchev–Trinajstić information content (AvgIpc) is 2.25. The zero-order valence-electron chi connectivity index (χ0n) is 8.02. The number of nitrogens with one attached hydrogen (secondary N) is 1. The van der Waals surface area contributed by atoms with Gasteiger partial charge in [0, 0.05) is 11.6 Å². The number of nitrogens with zero attached hydrogens (tertiary/aromatic N) is 1. The molecule has 0 aromatic heterocycles. The Labute approximate surface area is 109 Å². The number of rotatable bonds is 0. The van der Waals surface area contributed by atoms with Crippen LogP contribution in [0.25, 0.3) is 0 Å². The van der Waals surface area contributed by atoms with E-state index in [2.05, 4.69) is 26.2 Å². The van der Waals surface area contributed by atoms with E-state index in [1.165, 1.54) is 11.8 Å². The van der Waals surface area contributed by atoms with Crippen molar-refractivity contribution in [1.29, 1.82) is 0 Å². The van der Waals surface area contributed by atoms with Crippen molar-refractivity contribution in [2.75, 3.05) is 11.6 Å². The van der Waals surface area contributed by atoms with Gasteiger partial charge in [0.15, 0.2) is 10.7 Å². The third kappa shape index (κ3) is 1.94. The molecule has 1 aromatic carbocycles. The van der Waals surface area contributed by atoms with Gasteiger partial charge in [0.1, 0.15) is 11.6 Å². The van der Waals surface area contributed by atoms with Crippen LogP contribution in [0.15, 0.2) is 15.5 Å². The molecule has 1 heterocycles. The fraction of sp³-hybridized carbons (Fsp3) is 0.222. The summed E-state index contributed by atoms with van der Waals surface area (Å²) in [5.74, 6) is -1.37. The van der Waals surface area contributed by atoms with Gasteiger partial charge < -0.3 is 5.32 Å². The van der Waals surface area contributed by atoms with Gasteiger partial charge in [-0.15, -0.1) is 0 Å². The standard InChI is InChI=1S/C9H6BrClF2N2S/c1-16-9-14-7-4(13)2-3(12)6(10)5(7)8(11)15-9/h2,8H,1H3,(H,14,15). The SMILES string of the molecule is CSC1=NC(Cl)c2c(Br)c(F)cc(F)c2N1. The summed E-state index contributed by atoms with van der Waals surface area (Å²) in [4.78, 5) is 4.06. The Morgan fingerprint density at radius 1 is 1.50 bits per heavy atom. The first-order valence-corrected chi connectivity index (χ1v) is 6.70. The first-order chi connectivity index (χ1) is 7.54. The molecule has 16 heavy (non-hydrogen) atoms. The fourth-order valence-electron chi connectivity index (χ4n) is 1.37. The van der Waals surface area contributed by atoms with E-state index in [0.29, 0.717) is 5.17 Å². The maximum absolute atomic E-state index is 13.5. The Morgan fingerprint density at radius 2 is 2.19 bits per heavy atom. The molecule has 0 aliphatic carbocycles. The highest BCUT2D eigenvalue weighted by atomic mass is 79.9. The first-order valence-electron chi connectivity index (χ1n) is 4.25. The lowest BCUT2D eigenvalue weighted by atomic mass is 10.1. The fourth-order valence-corrected chi connectivity index (χ4v) is 2.82. The van der Waals surface area contributed by atoms with Crippen LogP contribution in [0.5, 0.6) is 0 Å². The molecule has 1 atom stereocenters. The molecule has 7 heteroatoms. The summed E-state index contributed by atoms with van der Waals surface area (Å²) in [5.41, 5.74) is -0.331. The molecule has 2 nitrogen and oxygen atoms in total. The smallest absolute Gasteiger partial charge is 0.162 e. The second-order valence-electron chi connectivity index (χ2n) is 3.04. The van der Waals surface area contributed by atoms with Crippen molar-refractivity contribution in [3.8, 4) is 0 Å². The van der Waals surface area contributed by atoms with Crippen molar-refractivity contribution >= 4 is 50.1 Å². The molecule has 1 aliphatic heterocycles. The molecule has 0 fully saturated rings. The van der Waals surface area contributed by atoms with Crippen molar-refractivity contribution in [3.63, 3.8) is 0 Å². The topological polar surface area (TPSA) is 24.4 Å². The zero-order chi connectivity index (χ0) is 11.9. The van der Waals surface area contributed by atoms with Crippen LogP contribution in [0.3, 0.4) is 0 Å². The van der Waals surface area contributed by atoms with E-state index in [-0.39, 0.29) is 15.7 Å². The number of anilines is 1. The van der Waals surface area contributed by atoms with Crippen LogP contribution in [0.1, 0.15) is 11.1 Å². The van der Waals surface area contributed by atoms with Crippen LogP contribution in [0, 0.1) is 11.6 Å². The summed E-state index contributed by atoms with van der Waals surface area (Å²) in [7, 11) is 0. The Kier molecular flexibility index (Phi) is 3.42. The van der Waals surface area contributed by atoms with E-state index in [1.54, 1.807) is 6.26 Å². The third-order valence-electron chi connectivity index (χ3n) is 2.10.